The summed E-state index contributed by atoms with van der Waals surface area (Å²) in [5, 5.41) is 2.22. The Morgan fingerprint density at radius 3 is 2.32 bits per heavy atom. The molecule has 1 N–H and O–H groups in total. The molecule has 2 amide bonds. The molecule has 1 heterocycles. The Balaban J connectivity index is 1.82. The zero-order valence-electron chi connectivity index (χ0n) is 15.1. The number of amides is 2. The van der Waals surface area contributed by atoms with Crippen molar-refractivity contribution in [3.8, 4) is 0 Å². The number of rotatable bonds is 7. The average Bonchev–Trinajstić information content (AvgIpc) is 2.62. The molecule has 6 heteroatoms. The third kappa shape index (κ3) is 5.92. The van der Waals surface area contributed by atoms with Crippen molar-refractivity contribution in [3.05, 3.63) is 24.3 Å². The molecule has 1 aromatic rings. The second-order valence-electron chi connectivity index (χ2n) is 6.48. The summed E-state index contributed by atoms with van der Waals surface area (Å²) in [6.45, 7) is 7.01. The van der Waals surface area contributed by atoms with Gasteiger partial charge in [-0.2, -0.15) is 0 Å². The zero-order valence-corrected chi connectivity index (χ0v) is 15.9. The molecule has 1 aliphatic rings. The number of anilines is 2. The van der Waals surface area contributed by atoms with Crippen LogP contribution in [0.25, 0.3) is 0 Å². The molecule has 0 radical (unpaired) electrons. The van der Waals surface area contributed by atoms with E-state index in [0.29, 0.717) is 6.42 Å². The SMILES string of the molecule is CCCCCC(=O)N1CCN(c2ccc(NC(=O)C(C)Cl)cc2)CC1. The highest BCUT2D eigenvalue weighted by molar-refractivity contribution is 6.32. The monoisotopic (exact) mass is 365 g/mol. The number of hydrogen-bond acceptors (Lipinski definition) is 3. The molecule has 0 aromatic heterocycles. The molecule has 1 atom stereocenters. The predicted octanol–water partition coefficient (Wildman–Crippen LogP) is 3.48. The van der Waals surface area contributed by atoms with Crippen LogP contribution in [0.4, 0.5) is 11.4 Å². The minimum atomic E-state index is -0.553. The number of hydrogen-bond donors (Lipinski definition) is 1. The number of nitrogens with zero attached hydrogens (tertiary/aromatic N) is 2. The maximum atomic E-state index is 12.2. The summed E-state index contributed by atoms with van der Waals surface area (Å²) in [4.78, 5) is 28.0. The molecule has 25 heavy (non-hydrogen) atoms. The lowest BCUT2D eigenvalue weighted by atomic mass is 10.1. The van der Waals surface area contributed by atoms with Crippen molar-refractivity contribution >= 4 is 34.8 Å². The Bertz CT molecular complexity index is 567. The van der Waals surface area contributed by atoms with Gasteiger partial charge in [0.2, 0.25) is 11.8 Å². The minimum Gasteiger partial charge on any atom is -0.368 e. The van der Waals surface area contributed by atoms with Crippen LogP contribution in [-0.2, 0) is 9.59 Å². The summed E-state index contributed by atoms with van der Waals surface area (Å²) in [6, 6.07) is 7.75. The Morgan fingerprint density at radius 1 is 1.12 bits per heavy atom. The molecule has 1 fully saturated rings. The van der Waals surface area contributed by atoms with E-state index in [0.717, 1.165) is 56.8 Å². The summed E-state index contributed by atoms with van der Waals surface area (Å²) in [5.41, 5.74) is 1.85. The fourth-order valence-electron chi connectivity index (χ4n) is 2.90. The number of piperazine rings is 1. The van der Waals surface area contributed by atoms with Crippen LogP contribution < -0.4 is 10.2 Å². The highest BCUT2D eigenvalue weighted by Crippen LogP contribution is 2.20. The van der Waals surface area contributed by atoms with Crippen LogP contribution in [0.2, 0.25) is 0 Å². The molecule has 1 aliphatic heterocycles. The van der Waals surface area contributed by atoms with Crippen molar-refractivity contribution in [2.24, 2.45) is 0 Å². The van der Waals surface area contributed by atoms with E-state index in [2.05, 4.69) is 17.1 Å². The first-order valence-corrected chi connectivity index (χ1v) is 9.52. The van der Waals surface area contributed by atoms with Crippen molar-refractivity contribution in [2.45, 2.75) is 44.9 Å². The van der Waals surface area contributed by atoms with Gasteiger partial charge < -0.3 is 15.1 Å². The Labute approximate surface area is 155 Å². The van der Waals surface area contributed by atoms with Gasteiger partial charge in [0.25, 0.3) is 0 Å². The summed E-state index contributed by atoms with van der Waals surface area (Å²) in [5.74, 6) is 0.0750. The zero-order chi connectivity index (χ0) is 18.2. The highest BCUT2D eigenvalue weighted by atomic mass is 35.5. The smallest absolute Gasteiger partial charge is 0.242 e. The number of halogens is 1. The molecule has 0 saturated carbocycles. The first kappa shape index (κ1) is 19.6. The molecular formula is C19H28ClN3O2. The third-order valence-corrected chi connectivity index (χ3v) is 4.69. The van der Waals surface area contributed by atoms with Gasteiger partial charge in [0.1, 0.15) is 5.38 Å². The first-order chi connectivity index (χ1) is 12.0. The molecule has 0 spiro atoms. The Kier molecular flexibility index (Phi) is 7.56. The summed E-state index contributed by atoms with van der Waals surface area (Å²) in [7, 11) is 0. The molecule has 0 bridgehead atoms. The van der Waals surface area contributed by atoms with E-state index < -0.39 is 5.38 Å². The van der Waals surface area contributed by atoms with Crippen molar-refractivity contribution in [1.29, 1.82) is 0 Å². The molecule has 5 nitrogen and oxygen atoms in total. The topological polar surface area (TPSA) is 52.7 Å². The highest BCUT2D eigenvalue weighted by Gasteiger charge is 2.20. The van der Waals surface area contributed by atoms with E-state index in [-0.39, 0.29) is 11.8 Å². The van der Waals surface area contributed by atoms with Gasteiger partial charge in [-0.25, -0.2) is 0 Å². The van der Waals surface area contributed by atoms with Crippen molar-refractivity contribution in [3.63, 3.8) is 0 Å². The van der Waals surface area contributed by atoms with Gasteiger partial charge in [0.15, 0.2) is 0 Å². The van der Waals surface area contributed by atoms with E-state index >= 15 is 0 Å². The molecule has 1 aromatic carbocycles. The van der Waals surface area contributed by atoms with Crippen LogP contribution in [0.1, 0.15) is 39.5 Å². The van der Waals surface area contributed by atoms with E-state index in [1.807, 2.05) is 29.2 Å². The minimum absolute atomic E-state index is 0.204. The van der Waals surface area contributed by atoms with Crippen molar-refractivity contribution in [1.82, 2.24) is 4.90 Å². The van der Waals surface area contributed by atoms with Crippen LogP contribution in [-0.4, -0.2) is 48.3 Å². The van der Waals surface area contributed by atoms with Crippen molar-refractivity contribution < 1.29 is 9.59 Å². The van der Waals surface area contributed by atoms with Crippen LogP contribution >= 0.6 is 11.6 Å². The van der Waals surface area contributed by atoms with E-state index in [1.54, 1.807) is 6.92 Å². The second-order valence-corrected chi connectivity index (χ2v) is 7.13. The third-order valence-electron chi connectivity index (χ3n) is 4.49. The average molecular weight is 366 g/mol. The van der Waals surface area contributed by atoms with Crippen LogP contribution in [0.3, 0.4) is 0 Å². The molecule has 0 aliphatic carbocycles. The molecule has 1 saturated heterocycles. The van der Waals surface area contributed by atoms with E-state index in [9.17, 15) is 9.59 Å². The maximum absolute atomic E-state index is 12.2. The maximum Gasteiger partial charge on any atom is 0.242 e. The molecule has 1 unspecified atom stereocenters. The Hall–Kier alpha value is -1.75. The van der Waals surface area contributed by atoms with Gasteiger partial charge in [-0.05, 0) is 37.6 Å². The first-order valence-electron chi connectivity index (χ1n) is 9.09. The van der Waals surface area contributed by atoms with Gasteiger partial charge in [-0.1, -0.05) is 19.8 Å². The van der Waals surface area contributed by atoms with Gasteiger partial charge in [-0.15, -0.1) is 11.6 Å². The lowest BCUT2D eigenvalue weighted by molar-refractivity contribution is -0.131. The molecule has 2 rings (SSSR count). The van der Waals surface area contributed by atoms with Crippen LogP contribution in [0, 0.1) is 0 Å². The number of carbonyl (C=O) groups excluding carboxylic acids is 2. The summed E-state index contributed by atoms with van der Waals surface area (Å²) < 4.78 is 0. The van der Waals surface area contributed by atoms with Crippen LogP contribution in [0.15, 0.2) is 24.3 Å². The van der Waals surface area contributed by atoms with Crippen molar-refractivity contribution in [2.75, 3.05) is 36.4 Å². The standard InChI is InChI=1S/C19H28ClN3O2/c1-3-4-5-6-18(24)23-13-11-22(12-14-23)17-9-7-16(8-10-17)21-19(25)15(2)20/h7-10,15H,3-6,11-14H2,1-2H3,(H,21,25). The lowest BCUT2D eigenvalue weighted by Gasteiger charge is -2.36. The summed E-state index contributed by atoms with van der Waals surface area (Å²) >= 11 is 5.76. The Morgan fingerprint density at radius 2 is 1.76 bits per heavy atom. The number of unbranched alkanes of at least 4 members (excludes halogenated alkanes) is 2. The van der Waals surface area contributed by atoms with E-state index in [4.69, 9.17) is 11.6 Å². The largest absolute Gasteiger partial charge is 0.368 e. The second kappa shape index (κ2) is 9.66. The number of alkyl halides is 1. The van der Waals surface area contributed by atoms with Gasteiger partial charge in [0.05, 0.1) is 0 Å². The molecular weight excluding hydrogens is 338 g/mol. The van der Waals surface area contributed by atoms with Crippen LogP contribution in [0.5, 0.6) is 0 Å². The molecule has 138 valence electrons. The predicted molar refractivity (Wildman–Crippen MR) is 103 cm³/mol. The van der Waals surface area contributed by atoms with Gasteiger partial charge in [-0.3, -0.25) is 9.59 Å². The van der Waals surface area contributed by atoms with Gasteiger partial charge >= 0.3 is 0 Å². The van der Waals surface area contributed by atoms with E-state index in [1.165, 1.54) is 0 Å². The number of carbonyl (C=O) groups is 2. The fourth-order valence-corrected chi connectivity index (χ4v) is 2.95. The fraction of sp³-hybridized carbons (Fsp3) is 0.579. The lowest BCUT2D eigenvalue weighted by Crippen LogP contribution is -2.48. The number of nitrogens with one attached hydrogen (secondary N) is 1. The van der Waals surface area contributed by atoms with Gasteiger partial charge in [0, 0.05) is 44.0 Å². The number of benzene rings is 1. The quantitative estimate of drug-likeness (QED) is 0.594. The summed E-state index contributed by atoms with van der Waals surface area (Å²) in [6.07, 6.45) is 3.92. The normalized spacial score (nSPS) is 15.8.